The van der Waals surface area contributed by atoms with E-state index in [9.17, 15) is 27.8 Å². The molecule has 0 saturated heterocycles. The number of hydrogen-bond acceptors (Lipinski definition) is 8. The molecule has 1 atom stereocenters. The van der Waals surface area contributed by atoms with Crippen LogP contribution in [0.15, 0.2) is 45.3 Å². The van der Waals surface area contributed by atoms with Crippen molar-refractivity contribution in [2.24, 2.45) is 10.7 Å². The molecule has 2 aliphatic rings. The summed E-state index contributed by atoms with van der Waals surface area (Å²) < 4.78 is 43.6. The minimum atomic E-state index is -4.42. The van der Waals surface area contributed by atoms with E-state index in [-0.39, 0.29) is 33.8 Å². The van der Waals surface area contributed by atoms with E-state index >= 15 is 0 Å². The van der Waals surface area contributed by atoms with E-state index < -0.39 is 28.9 Å². The minimum Gasteiger partial charge on any atom is -0.505 e. The first-order valence-corrected chi connectivity index (χ1v) is 14.6. The predicted octanol–water partition coefficient (Wildman–Crippen LogP) is 2.14. The van der Waals surface area contributed by atoms with E-state index in [1.807, 2.05) is 5.38 Å². The van der Waals surface area contributed by atoms with Gasteiger partial charge in [-0.15, -0.1) is 11.3 Å². The van der Waals surface area contributed by atoms with Gasteiger partial charge in [-0.1, -0.05) is 6.07 Å². The zero-order valence-corrected chi connectivity index (χ0v) is 20.3. The highest BCUT2D eigenvalue weighted by molar-refractivity contribution is 7.92. The molecule has 1 aromatic carbocycles. The Morgan fingerprint density at radius 1 is 1.32 bits per heavy atom. The van der Waals surface area contributed by atoms with Crippen LogP contribution in [0.5, 0.6) is 5.75 Å². The highest BCUT2D eigenvalue weighted by Gasteiger charge is 2.35. The summed E-state index contributed by atoms with van der Waals surface area (Å²) in [6.07, 6.45) is 2.91. The van der Waals surface area contributed by atoms with Gasteiger partial charge in [0.1, 0.15) is 11.3 Å². The lowest BCUT2D eigenvalue weighted by molar-refractivity contribution is 0.456. The number of thiophene rings is 1. The molecule has 178 valence electrons. The summed E-state index contributed by atoms with van der Waals surface area (Å²) in [5.74, 6) is -0.385. The fourth-order valence-electron chi connectivity index (χ4n) is 3.63. The highest BCUT2D eigenvalue weighted by Crippen LogP contribution is 2.48. The van der Waals surface area contributed by atoms with Gasteiger partial charge in [0.2, 0.25) is 10.0 Å². The van der Waals surface area contributed by atoms with Gasteiger partial charge in [-0.25, -0.2) is 13.1 Å². The smallest absolute Gasteiger partial charge is 0.346 e. The maximum Gasteiger partial charge on any atom is 0.346 e. The molecule has 1 fully saturated rings. The van der Waals surface area contributed by atoms with E-state index in [1.54, 1.807) is 12.1 Å². The van der Waals surface area contributed by atoms with E-state index in [2.05, 4.69) is 19.9 Å². The number of hydrogen-bond donors (Lipinski definition) is 4. The molecule has 3 aromatic rings. The van der Waals surface area contributed by atoms with Gasteiger partial charge in [0, 0.05) is 12.2 Å². The van der Waals surface area contributed by atoms with Gasteiger partial charge in [0.15, 0.2) is 11.6 Å². The van der Waals surface area contributed by atoms with Crippen molar-refractivity contribution >= 4 is 51.4 Å². The summed E-state index contributed by atoms with van der Waals surface area (Å²) in [4.78, 5) is 24.6. The summed E-state index contributed by atoms with van der Waals surface area (Å²) in [7, 11) is -8.02. The largest absolute Gasteiger partial charge is 0.505 e. The molecular formula is C20H20N5O6PS2. The minimum absolute atomic E-state index is 0.0921. The second kappa shape index (κ2) is 8.05. The number of fused-ring (bicyclic) bond motifs is 1. The van der Waals surface area contributed by atoms with E-state index in [0.717, 1.165) is 19.1 Å². The number of benzene rings is 1. The lowest BCUT2D eigenvalue weighted by Crippen LogP contribution is -2.35. The van der Waals surface area contributed by atoms with Gasteiger partial charge in [0.25, 0.3) is 5.56 Å². The van der Waals surface area contributed by atoms with Crippen molar-refractivity contribution in [3.63, 3.8) is 0 Å². The van der Waals surface area contributed by atoms with Gasteiger partial charge < -0.3 is 15.3 Å². The Balaban J connectivity index is 1.64. The van der Waals surface area contributed by atoms with Crippen molar-refractivity contribution in [2.75, 3.05) is 16.3 Å². The third-order valence-electron chi connectivity index (χ3n) is 5.35. The summed E-state index contributed by atoms with van der Waals surface area (Å²) in [5, 5.41) is 19.9. The third kappa shape index (κ3) is 4.39. The third-order valence-corrected chi connectivity index (χ3v) is 8.30. The van der Waals surface area contributed by atoms with Crippen LogP contribution in [0.3, 0.4) is 0 Å². The molecule has 0 bridgehead atoms. The zero-order chi connectivity index (χ0) is 24.3. The Morgan fingerprint density at radius 3 is 2.74 bits per heavy atom. The SMILES string of the molecule is CS(=O)(=O)Nc1ccc2c(c1)P(=O)(O)N=C(c1c(O)c(-c3cccs3)nn(CC3CC3)c1=O)N2. The Bertz CT molecular complexity index is 1540. The molecule has 0 spiro atoms. The number of nitrogens with zero attached hydrogens (tertiary/aromatic N) is 3. The Morgan fingerprint density at radius 2 is 2.09 bits per heavy atom. The summed E-state index contributed by atoms with van der Waals surface area (Å²) in [6, 6.07) is 7.56. The average molecular weight is 522 g/mol. The first kappa shape index (κ1) is 22.8. The van der Waals surface area contributed by atoms with Crippen molar-refractivity contribution in [1.82, 2.24) is 9.78 Å². The summed E-state index contributed by atoms with van der Waals surface area (Å²) >= 11 is 1.33. The number of aromatic hydroxyl groups is 1. The van der Waals surface area contributed by atoms with Crippen LogP contribution in [0.4, 0.5) is 11.4 Å². The molecule has 2 aromatic heterocycles. The molecular weight excluding hydrogens is 501 g/mol. The molecule has 14 heteroatoms. The van der Waals surface area contributed by atoms with Crippen molar-refractivity contribution in [3.8, 4) is 16.3 Å². The second-order valence-electron chi connectivity index (χ2n) is 8.20. The van der Waals surface area contributed by atoms with Crippen LogP contribution in [-0.2, 0) is 21.1 Å². The molecule has 1 unspecified atom stereocenters. The maximum absolute atomic E-state index is 13.3. The van der Waals surface area contributed by atoms with Crippen LogP contribution in [0.25, 0.3) is 10.6 Å². The van der Waals surface area contributed by atoms with Crippen molar-refractivity contribution in [2.45, 2.75) is 19.4 Å². The number of aromatic nitrogens is 2. The summed E-state index contributed by atoms with van der Waals surface area (Å²) in [6.45, 7) is 0.367. The van der Waals surface area contributed by atoms with E-state index in [4.69, 9.17) is 0 Å². The highest BCUT2D eigenvalue weighted by atomic mass is 32.2. The molecule has 1 saturated carbocycles. The molecule has 1 aliphatic heterocycles. The van der Waals surface area contributed by atoms with Crippen LogP contribution < -0.4 is 20.9 Å². The topological polar surface area (TPSA) is 163 Å². The van der Waals surface area contributed by atoms with Crippen molar-refractivity contribution < 1.29 is 23.0 Å². The molecule has 3 heterocycles. The van der Waals surface area contributed by atoms with Crippen LogP contribution in [0.2, 0.25) is 0 Å². The van der Waals surface area contributed by atoms with Gasteiger partial charge in [-0.2, -0.15) is 9.86 Å². The van der Waals surface area contributed by atoms with E-state index in [0.29, 0.717) is 17.3 Å². The molecule has 5 rings (SSSR count). The van der Waals surface area contributed by atoms with Crippen molar-refractivity contribution in [3.05, 3.63) is 51.6 Å². The zero-order valence-electron chi connectivity index (χ0n) is 17.8. The fraction of sp³-hybridized carbons (Fsp3) is 0.250. The molecule has 1 aliphatic carbocycles. The van der Waals surface area contributed by atoms with Gasteiger partial charge in [-0.3, -0.25) is 14.1 Å². The lowest BCUT2D eigenvalue weighted by Gasteiger charge is -2.23. The average Bonchev–Trinajstić information content (AvgIpc) is 3.39. The molecule has 0 radical (unpaired) electrons. The Hall–Kier alpha value is -2.99. The predicted molar refractivity (Wildman–Crippen MR) is 131 cm³/mol. The number of nitrogens with one attached hydrogen (secondary N) is 2. The fourth-order valence-corrected chi connectivity index (χ4v) is 6.18. The Kier molecular flexibility index (Phi) is 5.40. The number of anilines is 2. The van der Waals surface area contributed by atoms with Crippen LogP contribution in [0.1, 0.15) is 18.4 Å². The lowest BCUT2D eigenvalue weighted by atomic mass is 10.1. The maximum atomic E-state index is 13.3. The first-order valence-electron chi connectivity index (χ1n) is 10.2. The molecule has 11 nitrogen and oxygen atoms in total. The summed E-state index contributed by atoms with van der Waals surface area (Å²) in [5.41, 5.74) is -0.445. The molecule has 4 N–H and O–H groups in total. The van der Waals surface area contributed by atoms with Crippen LogP contribution in [-0.4, -0.2) is 40.3 Å². The first-order chi connectivity index (χ1) is 16.0. The van der Waals surface area contributed by atoms with Crippen LogP contribution in [0, 0.1) is 5.92 Å². The Labute approximate surface area is 198 Å². The normalized spacial score (nSPS) is 19.8. The van der Waals surface area contributed by atoms with Crippen molar-refractivity contribution in [1.29, 1.82) is 0 Å². The monoisotopic (exact) mass is 521 g/mol. The molecule has 34 heavy (non-hydrogen) atoms. The van der Waals surface area contributed by atoms with Gasteiger partial charge in [0.05, 0.1) is 22.1 Å². The number of rotatable bonds is 6. The van der Waals surface area contributed by atoms with Gasteiger partial charge >= 0.3 is 7.52 Å². The van der Waals surface area contributed by atoms with Gasteiger partial charge in [-0.05, 0) is 48.4 Å². The number of sulfonamides is 1. The standard InChI is InChI=1S/C20H20N5O6PS2/c1-34(30,31)24-12-6-7-13-14(9-12)32(28,29)23-19(21-13)16-18(26)17(15-3-2-8-33-15)22-25(20(16)27)10-11-4-5-11/h2-3,6-9,11,24,26H,4-5,10H2,1H3,(H2,21,23,28,29). The van der Waals surface area contributed by atoms with Crippen LogP contribution >= 0.6 is 18.9 Å². The second-order valence-corrected chi connectivity index (χ2v) is 12.7. The van der Waals surface area contributed by atoms with E-state index in [1.165, 1.54) is 34.2 Å². The number of amidine groups is 1. The quantitative estimate of drug-likeness (QED) is 0.359. The molecule has 0 amide bonds.